The molecule has 0 spiro atoms. The van der Waals surface area contributed by atoms with Crippen molar-refractivity contribution in [3.8, 4) is 0 Å². The summed E-state index contributed by atoms with van der Waals surface area (Å²) >= 11 is 0. The van der Waals surface area contributed by atoms with Crippen LogP contribution in [-0.4, -0.2) is 18.4 Å². The van der Waals surface area contributed by atoms with E-state index in [1.807, 2.05) is 13.8 Å². The van der Waals surface area contributed by atoms with Crippen molar-refractivity contribution in [1.29, 1.82) is 0 Å². The number of ketones is 1. The second-order valence-electron chi connectivity index (χ2n) is 4.29. The van der Waals surface area contributed by atoms with E-state index >= 15 is 0 Å². The minimum Gasteiger partial charge on any atom is -0.465 e. The average Bonchev–Trinajstić information content (AvgIpc) is 2.15. The Morgan fingerprint density at radius 3 is 2.79 bits per heavy atom. The third-order valence-electron chi connectivity index (χ3n) is 2.40. The lowest BCUT2D eigenvalue weighted by atomic mass is 9.88. The van der Waals surface area contributed by atoms with E-state index in [9.17, 15) is 9.59 Å². The molecule has 0 aromatic heterocycles. The first-order valence-corrected chi connectivity index (χ1v) is 5.30. The zero-order valence-corrected chi connectivity index (χ0v) is 8.91. The maximum Gasteiger partial charge on any atom is 0.316 e. The highest BCUT2D eigenvalue weighted by Crippen LogP contribution is 2.21. The van der Waals surface area contributed by atoms with E-state index in [1.54, 1.807) is 0 Å². The molecule has 1 aliphatic rings. The van der Waals surface area contributed by atoms with Crippen molar-refractivity contribution in [3.63, 3.8) is 0 Å². The van der Waals surface area contributed by atoms with E-state index in [-0.39, 0.29) is 11.8 Å². The molecule has 3 nitrogen and oxygen atoms in total. The molecule has 1 aliphatic carbocycles. The fraction of sp³-hybridized carbons (Fsp3) is 0.818. The van der Waals surface area contributed by atoms with E-state index in [0.717, 1.165) is 12.8 Å². The van der Waals surface area contributed by atoms with Gasteiger partial charge in [0.05, 0.1) is 6.61 Å². The standard InChI is InChI=1S/C11H18O3/c1-8(2)7-14-11(13)9-5-3-4-6-10(9)12/h8-9H,3-7H2,1-2H3. The molecule has 80 valence electrons. The summed E-state index contributed by atoms with van der Waals surface area (Å²) in [6, 6.07) is 0. The van der Waals surface area contributed by atoms with Gasteiger partial charge in [0.25, 0.3) is 0 Å². The van der Waals surface area contributed by atoms with Crippen molar-refractivity contribution >= 4 is 11.8 Å². The van der Waals surface area contributed by atoms with Gasteiger partial charge in [0.1, 0.15) is 11.7 Å². The van der Waals surface area contributed by atoms with Gasteiger partial charge >= 0.3 is 5.97 Å². The van der Waals surface area contributed by atoms with Gasteiger partial charge < -0.3 is 4.74 Å². The van der Waals surface area contributed by atoms with Crippen LogP contribution >= 0.6 is 0 Å². The van der Waals surface area contributed by atoms with E-state index in [1.165, 1.54) is 0 Å². The summed E-state index contributed by atoms with van der Waals surface area (Å²) in [4.78, 5) is 22.8. The molecule has 1 atom stereocenters. The SMILES string of the molecule is CC(C)COC(=O)C1CCCCC1=O. The normalized spacial score (nSPS) is 22.5. The van der Waals surface area contributed by atoms with Crippen LogP contribution in [0.2, 0.25) is 0 Å². The van der Waals surface area contributed by atoms with Crippen LogP contribution < -0.4 is 0 Å². The van der Waals surface area contributed by atoms with Crippen LogP contribution in [0.4, 0.5) is 0 Å². The van der Waals surface area contributed by atoms with E-state index in [0.29, 0.717) is 25.4 Å². The van der Waals surface area contributed by atoms with Crippen molar-refractivity contribution in [1.82, 2.24) is 0 Å². The van der Waals surface area contributed by atoms with Crippen LogP contribution in [0.3, 0.4) is 0 Å². The van der Waals surface area contributed by atoms with Gasteiger partial charge in [0.2, 0.25) is 0 Å². The first-order chi connectivity index (χ1) is 6.61. The van der Waals surface area contributed by atoms with Gasteiger partial charge in [-0.15, -0.1) is 0 Å². The van der Waals surface area contributed by atoms with Crippen LogP contribution in [0.15, 0.2) is 0 Å². The molecule has 0 bridgehead atoms. The Hall–Kier alpha value is -0.860. The fourth-order valence-electron chi connectivity index (χ4n) is 1.58. The molecule has 1 rings (SSSR count). The summed E-state index contributed by atoms with van der Waals surface area (Å²) in [5, 5.41) is 0. The lowest BCUT2D eigenvalue weighted by Gasteiger charge is -2.19. The molecule has 3 heteroatoms. The number of rotatable bonds is 3. The quantitative estimate of drug-likeness (QED) is 0.514. The lowest BCUT2D eigenvalue weighted by molar-refractivity contribution is -0.154. The van der Waals surface area contributed by atoms with Gasteiger partial charge in [0.15, 0.2) is 0 Å². The van der Waals surface area contributed by atoms with Crippen molar-refractivity contribution in [2.75, 3.05) is 6.61 Å². The Morgan fingerprint density at radius 2 is 2.21 bits per heavy atom. The molecule has 0 saturated heterocycles. The van der Waals surface area contributed by atoms with Crippen LogP contribution in [-0.2, 0) is 14.3 Å². The zero-order valence-electron chi connectivity index (χ0n) is 8.91. The van der Waals surface area contributed by atoms with Gasteiger partial charge in [-0.2, -0.15) is 0 Å². The topological polar surface area (TPSA) is 43.4 Å². The highest BCUT2D eigenvalue weighted by Gasteiger charge is 2.30. The maximum atomic E-state index is 11.5. The number of carbonyl (C=O) groups is 2. The summed E-state index contributed by atoms with van der Waals surface area (Å²) in [5.41, 5.74) is 0. The predicted octanol–water partition coefficient (Wildman–Crippen LogP) is 1.94. The molecule has 0 heterocycles. The lowest BCUT2D eigenvalue weighted by Crippen LogP contribution is -2.29. The number of Topliss-reactive ketones (excluding diaryl/α,β-unsaturated/α-hetero) is 1. The van der Waals surface area contributed by atoms with E-state index in [4.69, 9.17) is 4.74 Å². The molecular weight excluding hydrogens is 180 g/mol. The highest BCUT2D eigenvalue weighted by atomic mass is 16.5. The van der Waals surface area contributed by atoms with Crippen LogP contribution in [0.1, 0.15) is 39.5 Å². The van der Waals surface area contributed by atoms with Crippen LogP contribution in [0.25, 0.3) is 0 Å². The van der Waals surface area contributed by atoms with Crippen molar-refractivity contribution < 1.29 is 14.3 Å². The Morgan fingerprint density at radius 1 is 1.50 bits per heavy atom. The average molecular weight is 198 g/mol. The van der Waals surface area contributed by atoms with Crippen molar-refractivity contribution in [2.24, 2.45) is 11.8 Å². The Labute approximate surface area is 84.8 Å². The Bertz CT molecular complexity index is 221. The summed E-state index contributed by atoms with van der Waals surface area (Å²) in [5.74, 6) is -0.395. The monoisotopic (exact) mass is 198 g/mol. The minimum atomic E-state index is -0.470. The molecule has 0 aliphatic heterocycles. The van der Waals surface area contributed by atoms with Gasteiger partial charge in [-0.25, -0.2) is 0 Å². The number of hydrogen-bond acceptors (Lipinski definition) is 3. The molecule has 0 radical (unpaired) electrons. The highest BCUT2D eigenvalue weighted by molar-refractivity contribution is 5.99. The first-order valence-electron chi connectivity index (χ1n) is 5.30. The van der Waals surface area contributed by atoms with E-state index < -0.39 is 5.92 Å². The molecule has 0 aromatic carbocycles. The summed E-state index contributed by atoms with van der Waals surface area (Å²) < 4.78 is 5.05. The number of esters is 1. The zero-order chi connectivity index (χ0) is 10.6. The van der Waals surface area contributed by atoms with Crippen LogP contribution in [0.5, 0.6) is 0 Å². The molecular formula is C11H18O3. The summed E-state index contributed by atoms with van der Waals surface area (Å²) in [6.07, 6.45) is 3.11. The molecule has 0 aromatic rings. The number of hydrogen-bond donors (Lipinski definition) is 0. The minimum absolute atomic E-state index is 0.0602. The van der Waals surface area contributed by atoms with Gasteiger partial charge in [-0.3, -0.25) is 9.59 Å². The second-order valence-corrected chi connectivity index (χ2v) is 4.29. The van der Waals surface area contributed by atoms with Gasteiger partial charge in [0, 0.05) is 6.42 Å². The molecule has 0 amide bonds. The molecule has 0 N–H and O–H groups in total. The fourth-order valence-corrected chi connectivity index (χ4v) is 1.58. The molecule has 1 fully saturated rings. The van der Waals surface area contributed by atoms with Crippen molar-refractivity contribution in [3.05, 3.63) is 0 Å². The molecule has 1 saturated carbocycles. The Kier molecular flexibility index (Phi) is 4.11. The number of ether oxygens (including phenoxy) is 1. The predicted molar refractivity (Wildman–Crippen MR) is 52.8 cm³/mol. The van der Waals surface area contributed by atoms with Gasteiger partial charge in [-0.1, -0.05) is 20.3 Å². The van der Waals surface area contributed by atoms with Gasteiger partial charge in [-0.05, 0) is 18.8 Å². The van der Waals surface area contributed by atoms with Crippen molar-refractivity contribution in [2.45, 2.75) is 39.5 Å². The summed E-state index contributed by atoms with van der Waals surface area (Å²) in [7, 11) is 0. The largest absolute Gasteiger partial charge is 0.465 e. The maximum absolute atomic E-state index is 11.5. The number of carbonyl (C=O) groups excluding carboxylic acids is 2. The Balaban J connectivity index is 2.38. The third kappa shape index (κ3) is 3.13. The molecule has 14 heavy (non-hydrogen) atoms. The smallest absolute Gasteiger partial charge is 0.316 e. The second kappa shape index (κ2) is 5.13. The van der Waals surface area contributed by atoms with Crippen LogP contribution in [0, 0.1) is 11.8 Å². The summed E-state index contributed by atoms with van der Waals surface area (Å²) in [6.45, 7) is 4.38. The van der Waals surface area contributed by atoms with E-state index in [2.05, 4.69) is 0 Å². The first kappa shape index (κ1) is 11.2. The third-order valence-corrected chi connectivity index (χ3v) is 2.40. The molecule has 1 unspecified atom stereocenters.